The summed E-state index contributed by atoms with van der Waals surface area (Å²) in [4.78, 5) is 33.1. The lowest BCUT2D eigenvalue weighted by Crippen LogP contribution is -2.29. The summed E-state index contributed by atoms with van der Waals surface area (Å²) >= 11 is 0. The van der Waals surface area contributed by atoms with Gasteiger partial charge in [-0.1, -0.05) is 12.1 Å². The van der Waals surface area contributed by atoms with Gasteiger partial charge in [0.1, 0.15) is 5.84 Å². The van der Waals surface area contributed by atoms with Crippen LogP contribution in [0, 0.1) is 0 Å². The molecule has 1 aliphatic heterocycles. The minimum absolute atomic E-state index is 0.0267. The Morgan fingerprint density at radius 3 is 2.56 bits per heavy atom. The number of hydrogen-bond acceptors (Lipinski definition) is 6. The monoisotopic (exact) mass is 480 g/mol. The SMILES string of the molecule is O=C(CCn1ccnc1)Nc1cccc(C(=O)Nc2cccc(S(=O)(=O)NC3=NCCC3)c2)c1. The summed E-state index contributed by atoms with van der Waals surface area (Å²) in [5.41, 5.74) is 1.14. The van der Waals surface area contributed by atoms with E-state index in [4.69, 9.17) is 0 Å². The molecule has 0 spiro atoms. The molecule has 0 unspecified atom stereocenters. The minimum Gasteiger partial charge on any atom is -0.337 e. The maximum absolute atomic E-state index is 12.8. The maximum atomic E-state index is 12.8. The number of carbonyl (C=O) groups excluding carboxylic acids is 2. The molecule has 34 heavy (non-hydrogen) atoms. The number of amidine groups is 1. The number of imidazole rings is 1. The van der Waals surface area contributed by atoms with E-state index in [0.717, 1.165) is 6.42 Å². The van der Waals surface area contributed by atoms with Crippen molar-refractivity contribution in [1.82, 2.24) is 14.3 Å². The molecule has 11 heteroatoms. The largest absolute Gasteiger partial charge is 0.337 e. The Hall–Kier alpha value is -3.99. The van der Waals surface area contributed by atoms with E-state index in [1.165, 1.54) is 12.1 Å². The first-order valence-electron chi connectivity index (χ1n) is 10.7. The number of nitrogens with one attached hydrogen (secondary N) is 3. The number of nitrogens with zero attached hydrogens (tertiary/aromatic N) is 3. The van der Waals surface area contributed by atoms with Crippen LogP contribution in [0.4, 0.5) is 11.4 Å². The summed E-state index contributed by atoms with van der Waals surface area (Å²) in [5, 5.41) is 5.48. The Labute approximate surface area is 197 Å². The van der Waals surface area contributed by atoms with Gasteiger partial charge in [0.25, 0.3) is 15.9 Å². The van der Waals surface area contributed by atoms with Crippen molar-refractivity contribution < 1.29 is 18.0 Å². The van der Waals surface area contributed by atoms with E-state index in [9.17, 15) is 18.0 Å². The van der Waals surface area contributed by atoms with Crippen molar-refractivity contribution in [3.05, 3.63) is 72.8 Å². The zero-order chi connectivity index (χ0) is 24.0. The molecule has 176 valence electrons. The Bertz CT molecular complexity index is 1320. The summed E-state index contributed by atoms with van der Waals surface area (Å²) in [6.07, 6.45) is 6.72. The first kappa shape index (κ1) is 23.2. The van der Waals surface area contributed by atoms with Gasteiger partial charge in [0.2, 0.25) is 5.91 Å². The third kappa shape index (κ3) is 6.07. The third-order valence-corrected chi connectivity index (χ3v) is 6.47. The third-order valence-electron chi connectivity index (χ3n) is 5.09. The van der Waals surface area contributed by atoms with Gasteiger partial charge in [0.05, 0.1) is 11.2 Å². The number of carbonyl (C=O) groups is 2. The molecular formula is C23H24N6O4S. The van der Waals surface area contributed by atoms with Gasteiger partial charge in [0.15, 0.2) is 0 Å². The number of sulfonamides is 1. The van der Waals surface area contributed by atoms with Gasteiger partial charge in [-0.05, 0) is 42.8 Å². The van der Waals surface area contributed by atoms with Crippen molar-refractivity contribution in [2.45, 2.75) is 30.7 Å². The number of rotatable bonds is 8. The Morgan fingerprint density at radius 2 is 1.82 bits per heavy atom. The van der Waals surface area contributed by atoms with E-state index in [1.807, 2.05) is 0 Å². The van der Waals surface area contributed by atoms with Crippen molar-refractivity contribution in [3.8, 4) is 0 Å². The van der Waals surface area contributed by atoms with Gasteiger partial charge < -0.3 is 15.2 Å². The van der Waals surface area contributed by atoms with Crippen molar-refractivity contribution >= 4 is 39.0 Å². The molecule has 0 atom stereocenters. The van der Waals surface area contributed by atoms with Gasteiger partial charge >= 0.3 is 0 Å². The first-order valence-corrected chi connectivity index (χ1v) is 12.2. The number of amides is 2. The lowest BCUT2D eigenvalue weighted by molar-refractivity contribution is -0.116. The van der Waals surface area contributed by atoms with Crippen LogP contribution in [0.1, 0.15) is 29.6 Å². The summed E-state index contributed by atoms with van der Waals surface area (Å²) < 4.78 is 29.5. The van der Waals surface area contributed by atoms with Gasteiger partial charge in [-0.15, -0.1) is 0 Å². The highest BCUT2D eigenvalue weighted by molar-refractivity contribution is 7.90. The second-order valence-corrected chi connectivity index (χ2v) is 9.38. The molecule has 0 aliphatic carbocycles. The van der Waals surface area contributed by atoms with E-state index in [1.54, 1.807) is 59.7 Å². The molecule has 3 N–H and O–H groups in total. The molecule has 2 heterocycles. The highest BCUT2D eigenvalue weighted by atomic mass is 32.2. The fourth-order valence-corrected chi connectivity index (χ4v) is 4.53. The van der Waals surface area contributed by atoms with Crippen LogP contribution in [0.15, 0.2) is 77.1 Å². The average molecular weight is 481 g/mol. The standard InChI is InChI=1S/C23H24N6O4S/c30-22(9-12-29-13-11-24-16-29)26-18-5-1-4-17(14-18)23(31)27-19-6-2-7-20(15-19)34(32,33)28-21-8-3-10-25-21/h1-2,4-7,11,13-16H,3,8-10,12H2,(H,25,28)(H,26,30)(H,27,31). The van der Waals surface area contributed by atoms with Crippen molar-refractivity contribution in [3.63, 3.8) is 0 Å². The summed E-state index contributed by atoms with van der Waals surface area (Å²) in [5.74, 6) is -0.181. The van der Waals surface area contributed by atoms with E-state index < -0.39 is 15.9 Å². The Kier molecular flexibility index (Phi) is 7.02. The van der Waals surface area contributed by atoms with Crippen LogP contribution in [0.2, 0.25) is 0 Å². The predicted molar refractivity (Wildman–Crippen MR) is 128 cm³/mol. The quantitative estimate of drug-likeness (QED) is 0.456. The van der Waals surface area contributed by atoms with Crippen LogP contribution in [0.25, 0.3) is 0 Å². The molecule has 3 aromatic rings. The number of aromatic nitrogens is 2. The summed E-state index contributed by atoms with van der Waals surface area (Å²) in [6.45, 7) is 1.10. The van der Waals surface area contributed by atoms with Gasteiger partial charge in [0, 0.05) is 55.3 Å². The van der Waals surface area contributed by atoms with Crippen LogP contribution in [-0.4, -0.2) is 42.2 Å². The molecule has 4 rings (SSSR count). The van der Waals surface area contributed by atoms with Gasteiger partial charge in [-0.3, -0.25) is 19.3 Å². The molecule has 2 amide bonds. The molecular weight excluding hydrogens is 456 g/mol. The van der Waals surface area contributed by atoms with Crippen LogP contribution < -0.4 is 15.4 Å². The van der Waals surface area contributed by atoms with Gasteiger partial charge in [-0.2, -0.15) is 0 Å². The van der Waals surface area contributed by atoms with E-state index in [-0.39, 0.29) is 17.2 Å². The molecule has 1 aliphatic rings. The fourth-order valence-electron chi connectivity index (χ4n) is 3.39. The Morgan fingerprint density at radius 1 is 1.03 bits per heavy atom. The minimum atomic E-state index is -3.79. The normalized spacial score (nSPS) is 13.2. The van der Waals surface area contributed by atoms with E-state index in [2.05, 4.69) is 25.3 Å². The van der Waals surface area contributed by atoms with Crippen LogP contribution in [0.3, 0.4) is 0 Å². The van der Waals surface area contributed by atoms with Crippen LogP contribution >= 0.6 is 0 Å². The molecule has 0 radical (unpaired) electrons. The van der Waals surface area contributed by atoms with E-state index >= 15 is 0 Å². The fraction of sp³-hybridized carbons (Fsp3) is 0.217. The van der Waals surface area contributed by atoms with Crippen LogP contribution in [-0.2, 0) is 21.4 Å². The topological polar surface area (TPSA) is 135 Å². The number of anilines is 2. The summed E-state index contributed by atoms with van der Waals surface area (Å²) in [6, 6.07) is 12.5. The molecule has 0 saturated carbocycles. The molecule has 10 nitrogen and oxygen atoms in total. The number of hydrogen-bond donors (Lipinski definition) is 3. The lowest BCUT2D eigenvalue weighted by atomic mass is 10.1. The zero-order valence-corrected chi connectivity index (χ0v) is 19.1. The number of aryl methyl sites for hydroxylation is 1. The smallest absolute Gasteiger partial charge is 0.262 e. The van der Waals surface area contributed by atoms with Crippen molar-refractivity contribution in [2.24, 2.45) is 4.99 Å². The summed E-state index contributed by atoms with van der Waals surface area (Å²) in [7, 11) is -3.79. The molecule has 0 bridgehead atoms. The predicted octanol–water partition coefficient (Wildman–Crippen LogP) is 2.63. The molecule has 0 saturated heterocycles. The second-order valence-electron chi connectivity index (χ2n) is 7.70. The van der Waals surface area contributed by atoms with Crippen molar-refractivity contribution in [1.29, 1.82) is 0 Å². The molecule has 2 aromatic carbocycles. The zero-order valence-electron chi connectivity index (χ0n) is 18.3. The number of aliphatic imine (C=N–C) groups is 1. The maximum Gasteiger partial charge on any atom is 0.262 e. The molecule has 0 fully saturated rings. The first-order chi connectivity index (χ1) is 16.4. The second kappa shape index (κ2) is 10.3. The lowest BCUT2D eigenvalue weighted by Gasteiger charge is -2.11. The van der Waals surface area contributed by atoms with Crippen molar-refractivity contribution in [2.75, 3.05) is 17.2 Å². The Balaban J connectivity index is 1.39. The molecule has 1 aromatic heterocycles. The number of benzene rings is 2. The highest BCUT2D eigenvalue weighted by Gasteiger charge is 2.19. The average Bonchev–Trinajstić information content (AvgIpc) is 3.52. The van der Waals surface area contributed by atoms with Gasteiger partial charge in [-0.25, -0.2) is 13.4 Å². The van der Waals surface area contributed by atoms with E-state index in [0.29, 0.717) is 42.3 Å². The highest BCUT2D eigenvalue weighted by Crippen LogP contribution is 2.18. The van der Waals surface area contributed by atoms with Crippen LogP contribution in [0.5, 0.6) is 0 Å².